The van der Waals surface area contributed by atoms with Crippen molar-refractivity contribution in [3.63, 3.8) is 0 Å². The summed E-state index contributed by atoms with van der Waals surface area (Å²) >= 11 is 0. The van der Waals surface area contributed by atoms with Gasteiger partial charge in [-0.1, -0.05) is 12.1 Å². The molecule has 2 N–H and O–H groups in total. The molecule has 0 spiro atoms. The van der Waals surface area contributed by atoms with Crippen molar-refractivity contribution in [1.82, 2.24) is 0 Å². The molecule has 2 bridgehead atoms. The Morgan fingerprint density at radius 2 is 1.89 bits per heavy atom. The van der Waals surface area contributed by atoms with Crippen LogP contribution in [0.15, 0.2) is 52.6 Å². The van der Waals surface area contributed by atoms with E-state index in [4.69, 9.17) is 0 Å². The molecule has 3 atom stereocenters. The fourth-order valence-corrected chi connectivity index (χ4v) is 4.75. The summed E-state index contributed by atoms with van der Waals surface area (Å²) in [6.07, 6.45) is 7.81. The van der Waals surface area contributed by atoms with Crippen LogP contribution in [-0.4, -0.2) is 22.0 Å². The van der Waals surface area contributed by atoms with Crippen LogP contribution < -0.4 is 0 Å². The topological polar surface area (TPSA) is 82.2 Å². The molecule has 0 saturated heterocycles. The number of hydrogen-bond donors (Lipinski definition) is 2. The Bertz CT molecular complexity index is 862. The zero-order chi connectivity index (χ0) is 18.9. The zero-order valence-electron chi connectivity index (χ0n) is 15.2. The minimum Gasteiger partial charge on any atom is -0.507 e. The molecule has 27 heavy (non-hydrogen) atoms. The average molecular weight is 364 g/mol. The van der Waals surface area contributed by atoms with Gasteiger partial charge in [0.05, 0.1) is 11.3 Å². The number of nitrogens with zero attached hydrogens (tertiary/aromatic N) is 2. The molecule has 0 amide bonds. The lowest BCUT2D eigenvalue weighted by molar-refractivity contribution is -0.00140. The second-order valence-electron chi connectivity index (χ2n) is 8.10. The van der Waals surface area contributed by atoms with Gasteiger partial charge in [0.15, 0.2) is 0 Å². The van der Waals surface area contributed by atoms with Gasteiger partial charge >= 0.3 is 0 Å². The number of fused-ring (bicyclic) bond motifs is 2. The summed E-state index contributed by atoms with van der Waals surface area (Å²) in [7, 11) is 0. The van der Waals surface area contributed by atoms with Gasteiger partial charge in [0.25, 0.3) is 0 Å². The summed E-state index contributed by atoms with van der Waals surface area (Å²) in [6.45, 7) is 0. The van der Waals surface area contributed by atoms with Crippen molar-refractivity contribution in [2.75, 3.05) is 0 Å². The Morgan fingerprint density at radius 3 is 2.63 bits per heavy atom. The number of hydrogen-bond acceptors (Lipinski definition) is 5. The molecule has 2 aliphatic carbocycles. The van der Waals surface area contributed by atoms with Gasteiger partial charge in [-0.15, -0.1) is 4.91 Å². The molecule has 2 aromatic carbocycles. The van der Waals surface area contributed by atoms with E-state index in [0.29, 0.717) is 17.4 Å². The van der Waals surface area contributed by atoms with E-state index >= 15 is 0 Å². The third-order valence-electron chi connectivity index (χ3n) is 5.95. The maximum absolute atomic E-state index is 10.6. The Balaban J connectivity index is 1.41. The summed E-state index contributed by atoms with van der Waals surface area (Å²) in [5.41, 5.74) is 2.35. The third-order valence-corrected chi connectivity index (χ3v) is 5.95. The minimum atomic E-state index is -0.412. The van der Waals surface area contributed by atoms with Gasteiger partial charge in [0.1, 0.15) is 11.4 Å². The van der Waals surface area contributed by atoms with Crippen LogP contribution in [0.5, 0.6) is 5.75 Å². The SMILES string of the molecule is O=Nc1ccc(O)c(C=Nc2ccc(CC3CC4CCC(O)(C4)C3)cc2)c1. The monoisotopic (exact) mass is 364 g/mol. The number of phenols is 1. The first-order valence-corrected chi connectivity index (χ1v) is 9.55. The molecule has 0 heterocycles. The van der Waals surface area contributed by atoms with E-state index in [1.54, 1.807) is 0 Å². The fourth-order valence-electron chi connectivity index (χ4n) is 4.75. The number of rotatable bonds is 5. The Kier molecular flexibility index (Phi) is 4.79. The first-order valence-electron chi connectivity index (χ1n) is 9.55. The van der Waals surface area contributed by atoms with Crippen LogP contribution in [0.2, 0.25) is 0 Å². The predicted octanol–water partition coefficient (Wildman–Crippen LogP) is 5.02. The van der Waals surface area contributed by atoms with E-state index in [2.05, 4.69) is 22.3 Å². The standard InChI is InChI=1S/C22H24N2O3/c25-21-6-5-20(24-27)11-18(21)14-23-19-3-1-15(2-4-19)9-17-10-16-7-8-22(26,12-16)13-17/h1-6,11,14,16-17,25-26H,7-10,12-13H2. The molecule has 0 aromatic heterocycles. The molecule has 0 aliphatic heterocycles. The van der Waals surface area contributed by atoms with E-state index in [9.17, 15) is 15.1 Å². The van der Waals surface area contributed by atoms with Gasteiger partial charge < -0.3 is 10.2 Å². The Labute approximate surface area is 158 Å². The first kappa shape index (κ1) is 17.9. The molecule has 2 aromatic rings. The zero-order valence-corrected chi connectivity index (χ0v) is 15.2. The van der Waals surface area contributed by atoms with Crippen molar-refractivity contribution in [3.8, 4) is 5.75 Å². The second kappa shape index (κ2) is 7.24. The van der Waals surface area contributed by atoms with Gasteiger partial charge in [-0.2, -0.15) is 0 Å². The second-order valence-corrected chi connectivity index (χ2v) is 8.10. The van der Waals surface area contributed by atoms with Crippen LogP contribution in [0.25, 0.3) is 0 Å². The molecular weight excluding hydrogens is 340 g/mol. The maximum Gasteiger partial charge on any atom is 0.124 e. The molecule has 2 aliphatic rings. The number of aromatic hydroxyl groups is 1. The summed E-state index contributed by atoms with van der Waals surface area (Å²) < 4.78 is 0. The van der Waals surface area contributed by atoms with E-state index in [0.717, 1.165) is 31.4 Å². The number of aliphatic hydroxyl groups is 1. The van der Waals surface area contributed by atoms with Gasteiger partial charge in [-0.25, -0.2) is 0 Å². The number of nitroso groups, excluding NO2 is 1. The van der Waals surface area contributed by atoms with Crippen LogP contribution in [0.3, 0.4) is 0 Å². The summed E-state index contributed by atoms with van der Waals surface area (Å²) in [6, 6.07) is 12.5. The molecule has 2 saturated carbocycles. The molecule has 3 unspecified atom stereocenters. The summed E-state index contributed by atoms with van der Waals surface area (Å²) in [5.74, 6) is 1.32. The van der Waals surface area contributed by atoms with Crippen molar-refractivity contribution in [3.05, 3.63) is 58.5 Å². The van der Waals surface area contributed by atoms with Gasteiger partial charge in [0.2, 0.25) is 0 Å². The largest absolute Gasteiger partial charge is 0.507 e. The van der Waals surface area contributed by atoms with Gasteiger partial charge in [0, 0.05) is 11.8 Å². The van der Waals surface area contributed by atoms with Crippen molar-refractivity contribution in [1.29, 1.82) is 0 Å². The highest BCUT2D eigenvalue weighted by atomic mass is 16.3. The van der Waals surface area contributed by atoms with E-state index in [1.165, 1.54) is 42.8 Å². The van der Waals surface area contributed by atoms with Crippen LogP contribution in [-0.2, 0) is 6.42 Å². The van der Waals surface area contributed by atoms with E-state index < -0.39 is 5.60 Å². The summed E-state index contributed by atoms with van der Waals surface area (Å²) in [5, 5.41) is 23.3. The summed E-state index contributed by atoms with van der Waals surface area (Å²) in [4.78, 5) is 15.0. The van der Waals surface area contributed by atoms with Crippen molar-refractivity contribution < 1.29 is 10.2 Å². The molecule has 5 heteroatoms. The molecule has 140 valence electrons. The van der Waals surface area contributed by atoms with Crippen molar-refractivity contribution >= 4 is 17.6 Å². The molecule has 5 nitrogen and oxygen atoms in total. The highest BCUT2D eigenvalue weighted by molar-refractivity contribution is 5.86. The molecule has 2 fully saturated rings. The number of aliphatic imine (C=N–C) groups is 1. The smallest absolute Gasteiger partial charge is 0.124 e. The Hall–Kier alpha value is -2.53. The van der Waals surface area contributed by atoms with Crippen LogP contribution >= 0.6 is 0 Å². The first-order chi connectivity index (χ1) is 13.0. The third kappa shape index (κ3) is 4.08. The van der Waals surface area contributed by atoms with Crippen molar-refractivity contribution in [2.45, 2.75) is 44.1 Å². The van der Waals surface area contributed by atoms with Crippen LogP contribution in [0.1, 0.15) is 43.2 Å². The quantitative estimate of drug-likeness (QED) is 0.577. The maximum atomic E-state index is 10.6. The minimum absolute atomic E-state index is 0.0626. The number of benzene rings is 2. The fraction of sp³-hybridized carbons (Fsp3) is 0.409. The predicted molar refractivity (Wildman–Crippen MR) is 106 cm³/mol. The lowest BCUT2D eigenvalue weighted by Gasteiger charge is -2.34. The molecule has 0 radical (unpaired) electrons. The molecule has 4 rings (SSSR count). The van der Waals surface area contributed by atoms with Crippen molar-refractivity contribution in [2.24, 2.45) is 22.0 Å². The lowest BCUT2D eigenvalue weighted by Crippen LogP contribution is -2.33. The molecular formula is C22H24N2O3. The van der Waals surface area contributed by atoms with E-state index in [-0.39, 0.29) is 11.4 Å². The average Bonchev–Trinajstić information content (AvgIpc) is 2.94. The number of phenolic OH excluding ortho intramolecular Hbond substituents is 1. The van der Waals surface area contributed by atoms with E-state index in [1.807, 2.05) is 12.1 Å². The highest BCUT2D eigenvalue weighted by Crippen LogP contribution is 2.48. The van der Waals surface area contributed by atoms with Gasteiger partial charge in [-0.3, -0.25) is 4.99 Å². The Morgan fingerprint density at radius 1 is 1.11 bits per heavy atom. The highest BCUT2D eigenvalue weighted by Gasteiger charge is 2.43. The van der Waals surface area contributed by atoms with Crippen LogP contribution in [0, 0.1) is 16.7 Å². The van der Waals surface area contributed by atoms with Gasteiger partial charge in [-0.05, 0) is 91.4 Å². The van der Waals surface area contributed by atoms with Crippen LogP contribution in [0.4, 0.5) is 11.4 Å². The normalized spacial score (nSPS) is 27.1. The lowest BCUT2D eigenvalue weighted by atomic mass is 9.76.